The summed E-state index contributed by atoms with van der Waals surface area (Å²) in [7, 11) is 0. The fourth-order valence-corrected chi connectivity index (χ4v) is 3.46. The highest BCUT2D eigenvalue weighted by molar-refractivity contribution is 5.58. The predicted molar refractivity (Wildman–Crippen MR) is 101 cm³/mol. The molecular weight excluding hydrogens is 423 g/mol. The molecule has 0 saturated heterocycles. The standard InChI is InChI=1S/C18H19F5N8/c1-10-14(8-27-31(10)12-5-11(6-12)30-4-2-3-26-30)28-17-25-7-13(18(21,22)23)16(29-17)24-9-15(19)20/h2-4,7-8,11-12,15H,5-6,9H2,1H3,(H2,24,25,28,29). The molecule has 13 heteroatoms. The van der Waals surface area contributed by atoms with Crippen LogP contribution < -0.4 is 10.6 Å². The van der Waals surface area contributed by atoms with E-state index in [1.807, 2.05) is 33.9 Å². The Bertz CT molecular complexity index is 1020. The molecule has 0 spiro atoms. The summed E-state index contributed by atoms with van der Waals surface area (Å²) in [5.41, 5.74) is 0.0573. The van der Waals surface area contributed by atoms with E-state index in [9.17, 15) is 22.0 Å². The van der Waals surface area contributed by atoms with Crippen LogP contribution in [-0.2, 0) is 6.18 Å². The van der Waals surface area contributed by atoms with Crippen molar-refractivity contribution in [2.45, 2.75) is 44.5 Å². The van der Waals surface area contributed by atoms with Crippen molar-refractivity contribution in [1.82, 2.24) is 29.5 Å². The monoisotopic (exact) mass is 442 g/mol. The van der Waals surface area contributed by atoms with Crippen LogP contribution in [0.2, 0.25) is 0 Å². The Labute approximate surface area is 173 Å². The molecule has 0 unspecified atom stereocenters. The van der Waals surface area contributed by atoms with Crippen molar-refractivity contribution >= 4 is 17.5 Å². The molecule has 2 N–H and O–H groups in total. The average molecular weight is 442 g/mol. The molecule has 31 heavy (non-hydrogen) atoms. The van der Waals surface area contributed by atoms with Crippen molar-refractivity contribution in [3.8, 4) is 0 Å². The van der Waals surface area contributed by atoms with Gasteiger partial charge in [0.15, 0.2) is 0 Å². The maximum absolute atomic E-state index is 13.1. The minimum absolute atomic E-state index is 0.157. The molecule has 0 aromatic carbocycles. The number of alkyl halides is 5. The topological polar surface area (TPSA) is 85.5 Å². The maximum atomic E-state index is 13.1. The second-order valence-corrected chi connectivity index (χ2v) is 7.20. The highest BCUT2D eigenvalue weighted by Gasteiger charge is 2.36. The van der Waals surface area contributed by atoms with Gasteiger partial charge in [-0.15, -0.1) is 0 Å². The van der Waals surface area contributed by atoms with Gasteiger partial charge in [-0.1, -0.05) is 0 Å². The molecule has 0 aliphatic heterocycles. The Hall–Kier alpha value is -3.25. The van der Waals surface area contributed by atoms with Gasteiger partial charge in [-0.25, -0.2) is 13.8 Å². The van der Waals surface area contributed by atoms with Gasteiger partial charge in [0.25, 0.3) is 6.43 Å². The van der Waals surface area contributed by atoms with Crippen molar-refractivity contribution in [1.29, 1.82) is 0 Å². The lowest BCUT2D eigenvalue weighted by molar-refractivity contribution is -0.137. The third kappa shape index (κ3) is 4.44. The predicted octanol–water partition coefficient (Wildman–Crippen LogP) is 4.19. The quantitative estimate of drug-likeness (QED) is 0.534. The molecule has 4 rings (SSSR count). The van der Waals surface area contributed by atoms with Crippen LogP contribution in [-0.4, -0.2) is 42.5 Å². The minimum atomic E-state index is -4.78. The van der Waals surface area contributed by atoms with Crippen molar-refractivity contribution in [3.05, 3.63) is 42.1 Å². The smallest absolute Gasteiger partial charge is 0.364 e. The number of hydrogen-bond donors (Lipinski definition) is 2. The molecule has 0 radical (unpaired) electrons. The lowest BCUT2D eigenvalue weighted by Gasteiger charge is -2.36. The minimum Gasteiger partial charge on any atom is -0.364 e. The van der Waals surface area contributed by atoms with Crippen LogP contribution in [0.3, 0.4) is 0 Å². The van der Waals surface area contributed by atoms with E-state index in [1.54, 1.807) is 6.20 Å². The summed E-state index contributed by atoms with van der Waals surface area (Å²) in [6, 6.07) is 2.33. The van der Waals surface area contributed by atoms with E-state index in [0.717, 1.165) is 18.5 Å². The van der Waals surface area contributed by atoms with E-state index >= 15 is 0 Å². The molecule has 0 amide bonds. The summed E-state index contributed by atoms with van der Waals surface area (Å²) in [6.07, 6.45) is -0.188. The van der Waals surface area contributed by atoms with Gasteiger partial charge in [0.2, 0.25) is 5.95 Å². The van der Waals surface area contributed by atoms with Gasteiger partial charge < -0.3 is 10.6 Å². The molecule has 3 heterocycles. The van der Waals surface area contributed by atoms with E-state index in [0.29, 0.717) is 17.9 Å². The molecule has 3 aromatic rings. The van der Waals surface area contributed by atoms with Crippen LogP contribution in [0, 0.1) is 6.92 Å². The summed E-state index contributed by atoms with van der Waals surface area (Å²) in [5, 5.41) is 13.4. The number of nitrogens with one attached hydrogen (secondary N) is 2. The Kier molecular flexibility index (Phi) is 5.50. The Morgan fingerprint density at radius 3 is 2.58 bits per heavy atom. The highest BCUT2D eigenvalue weighted by atomic mass is 19.4. The maximum Gasteiger partial charge on any atom is 0.421 e. The first-order valence-electron chi connectivity index (χ1n) is 9.49. The van der Waals surface area contributed by atoms with Gasteiger partial charge in [-0.3, -0.25) is 9.36 Å². The zero-order valence-corrected chi connectivity index (χ0v) is 16.3. The van der Waals surface area contributed by atoms with Crippen LogP contribution in [0.4, 0.5) is 39.4 Å². The molecule has 166 valence electrons. The highest BCUT2D eigenvalue weighted by Crippen LogP contribution is 2.42. The van der Waals surface area contributed by atoms with E-state index in [2.05, 4.69) is 25.5 Å². The van der Waals surface area contributed by atoms with Crippen molar-refractivity contribution in [2.24, 2.45) is 0 Å². The van der Waals surface area contributed by atoms with Crippen LogP contribution in [0.15, 0.2) is 30.9 Å². The first kappa shape index (κ1) is 21.0. The lowest BCUT2D eigenvalue weighted by atomic mass is 9.87. The summed E-state index contributed by atoms with van der Waals surface area (Å²) >= 11 is 0. The zero-order valence-electron chi connectivity index (χ0n) is 16.3. The van der Waals surface area contributed by atoms with Crippen LogP contribution in [0.25, 0.3) is 0 Å². The number of aromatic nitrogens is 6. The molecule has 1 saturated carbocycles. The van der Waals surface area contributed by atoms with Crippen LogP contribution in [0.5, 0.6) is 0 Å². The van der Waals surface area contributed by atoms with Gasteiger partial charge in [0.1, 0.15) is 11.4 Å². The number of anilines is 3. The molecule has 1 aliphatic carbocycles. The number of nitrogens with zero attached hydrogens (tertiary/aromatic N) is 6. The second-order valence-electron chi connectivity index (χ2n) is 7.20. The number of hydrogen-bond acceptors (Lipinski definition) is 6. The number of rotatable bonds is 7. The first-order valence-corrected chi connectivity index (χ1v) is 9.49. The molecule has 0 bridgehead atoms. The summed E-state index contributed by atoms with van der Waals surface area (Å²) in [4.78, 5) is 7.43. The molecule has 8 nitrogen and oxygen atoms in total. The van der Waals surface area contributed by atoms with Gasteiger partial charge in [-0.05, 0) is 25.8 Å². The summed E-state index contributed by atoms with van der Waals surface area (Å²) in [5.74, 6) is -0.869. The van der Waals surface area contributed by atoms with Gasteiger partial charge >= 0.3 is 6.18 Å². The lowest BCUT2D eigenvalue weighted by Crippen LogP contribution is -2.30. The average Bonchev–Trinajstić information content (AvgIpc) is 3.30. The molecule has 1 aliphatic rings. The molecule has 0 atom stereocenters. The zero-order chi connectivity index (χ0) is 22.2. The van der Waals surface area contributed by atoms with E-state index in [-0.39, 0.29) is 12.0 Å². The van der Waals surface area contributed by atoms with Gasteiger partial charge in [-0.2, -0.15) is 28.4 Å². The van der Waals surface area contributed by atoms with E-state index in [4.69, 9.17) is 0 Å². The van der Waals surface area contributed by atoms with Gasteiger partial charge in [0, 0.05) is 18.6 Å². The van der Waals surface area contributed by atoms with E-state index < -0.39 is 30.5 Å². The number of halogens is 5. The summed E-state index contributed by atoms with van der Waals surface area (Å²) < 4.78 is 68.0. The largest absolute Gasteiger partial charge is 0.421 e. The Morgan fingerprint density at radius 2 is 1.94 bits per heavy atom. The normalized spacial score (nSPS) is 18.8. The van der Waals surface area contributed by atoms with Crippen molar-refractivity contribution in [3.63, 3.8) is 0 Å². The van der Waals surface area contributed by atoms with Gasteiger partial charge in [0.05, 0.1) is 36.2 Å². The Balaban J connectivity index is 1.48. The first-order chi connectivity index (χ1) is 14.7. The van der Waals surface area contributed by atoms with Crippen LogP contribution >= 0.6 is 0 Å². The van der Waals surface area contributed by atoms with Crippen molar-refractivity contribution in [2.75, 3.05) is 17.2 Å². The Morgan fingerprint density at radius 1 is 1.16 bits per heavy atom. The second kappa shape index (κ2) is 8.12. The molecule has 3 aromatic heterocycles. The molecule has 1 fully saturated rings. The van der Waals surface area contributed by atoms with E-state index in [1.165, 1.54) is 6.20 Å². The van der Waals surface area contributed by atoms with Crippen LogP contribution in [0.1, 0.15) is 36.2 Å². The third-order valence-electron chi connectivity index (χ3n) is 5.14. The summed E-state index contributed by atoms with van der Waals surface area (Å²) in [6.45, 7) is 0.853. The fourth-order valence-electron chi connectivity index (χ4n) is 3.46. The third-order valence-corrected chi connectivity index (χ3v) is 5.14. The SMILES string of the molecule is Cc1c(Nc2ncc(C(F)(F)F)c(NCC(F)F)n2)cnn1C1CC(n2cccn2)C1. The van der Waals surface area contributed by atoms with Crippen molar-refractivity contribution < 1.29 is 22.0 Å². The fraction of sp³-hybridized carbons (Fsp3) is 0.444. The molecular formula is C18H19F5N8.